The summed E-state index contributed by atoms with van der Waals surface area (Å²) in [5.74, 6) is 1.31. The molecule has 0 unspecified atom stereocenters. The van der Waals surface area contributed by atoms with E-state index in [1.807, 2.05) is 24.8 Å². The number of benzene rings is 1. The highest BCUT2D eigenvalue weighted by Gasteiger charge is 2.53. The molecule has 1 aliphatic carbocycles. The van der Waals surface area contributed by atoms with Crippen LogP contribution in [-0.4, -0.2) is 35.0 Å². The number of likely N-dealkylation sites (tertiary alicyclic amines) is 1. The van der Waals surface area contributed by atoms with Crippen LogP contribution in [0.4, 0.5) is 0 Å². The van der Waals surface area contributed by atoms with Gasteiger partial charge in [0.05, 0.1) is 11.7 Å². The molecule has 4 rings (SSSR count). The van der Waals surface area contributed by atoms with Crippen molar-refractivity contribution in [3.63, 3.8) is 0 Å². The molecule has 0 atom stereocenters. The zero-order valence-electron chi connectivity index (χ0n) is 14.8. The maximum atomic E-state index is 12.6. The first-order valence-corrected chi connectivity index (χ1v) is 9.02. The normalized spacial score (nSPS) is 18.8. The molecule has 2 aromatic rings. The third kappa shape index (κ3) is 3.13. The van der Waals surface area contributed by atoms with Crippen molar-refractivity contribution >= 4 is 5.91 Å². The number of rotatable bonds is 4. The number of pyridine rings is 1. The number of amides is 1. The lowest BCUT2D eigenvalue weighted by molar-refractivity contribution is -0.0554. The van der Waals surface area contributed by atoms with E-state index < -0.39 is 0 Å². The molecule has 0 N–H and O–H groups in total. The number of hydrogen-bond acceptors (Lipinski definition) is 3. The molecule has 1 amide bonds. The fourth-order valence-corrected chi connectivity index (χ4v) is 4.11. The van der Waals surface area contributed by atoms with Crippen LogP contribution in [0.15, 0.2) is 48.7 Å². The van der Waals surface area contributed by atoms with Crippen LogP contribution in [-0.2, 0) is 0 Å². The molecule has 2 aliphatic rings. The van der Waals surface area contributed by atoms with E-state index >= 15 is 0 Å². The van der Waals surface area contributed by atoms with Gasteiger partial charge < -0.3 is 9.64 Å². The lowest BCUT2D eigenvalue weighted by Crippen LogP contribution is -2.63. The first-order valence-electron chi connectivity index (χ1n) is 9.02. The molecule has 25 heavy (non-hydrogen) atoms. The summed E-state index contributed by atoms with van der Waals surface area (Å²) < 4.78 is 5.53. The van der Waals surface area contributed by atoms with Crippen LogP contribution in [0.2, 0.25) is 0 Å². The highest BCUT2D eigenvalue weighted by Crippen LogP contribution is 2.56. The number of nitrogens with zero attached hydrogens (tertiary/aromatic N) is 2. The van der Waals surface area contributed by atoms with Crippen LogP contribution in [0.1, 0.15) is 48.5 Å². The highest BCUT2D eigenvalue weighted by molar-refractivity contribution is 5.94. The van der Waals surface area contributed by atoms with E-state index in [-0.39, 0.29) is 12.0 Å². The van der Waals surface area contributed by atoms with Gasteiger partial charge in [-0.25, -0.2) is 4.98 Å². The summed E-state index contributed by atoms with van der Waals surface area (Å²) >= 11 is 0. The lowest BCUT2D eigenvalue weighted by Gasteiger charge is -2.59. The Morgan fingerprint density at radius 2 is 1.88 bits per heavy atom. The van der Waals surface area contributed by atoms with Crippen LogP contribution in [0.25, 0.3) is 0 Å². The van der Waals surface area contributed by atoms with E-state index in [0.29, 0.717) is 22.8 Å². The number of carbonyl (C=O) groups excluding carboxylic acids is 1. The maximum Gasteiger partial charge on any atom is 0.255 e. The van der Waals surface area contributed by atoms with Gasteiger partial charge in [0.2, 0.25) is 5.88 Å². The van der Waals surface area contributed by atoms with E-state index in [0.717, 1.165) is 13.1 Å². The number of carbonyl (C=O) groups is 1. The SMILES string of the molecule is CC(C)Oc1ccc(C(=O)N2CC3(CC(c4ccccc4)C3)C2)cn1. The second-order valence-electron chi connectivity index (χ2n) is 7.73. The van der Waals surface area contributed by atoms with Crippen LogP contribution in [0.5, 0.6) is 5.88 Å². The van der Waals surface area contributed by atoms with Gasteiger partial charge in [-0.15, -0.1) is 0 Å². The zero-order valence-corrected chi connectivity index (χ0v) is 14.8. The molecule has 4 heteroatoms. The molecular weight excluding hydrogens is 312 g/mol. The summed E-state index contributed by atoms with van der Waals surface area (Å²) in [5, 5.41) is 0. The summed E-state index contributed by atoms with van der Waals surface area (Å²) in [4.78, 5) is 18.8. The Labute approximate surface area is 148 Å². The Balaban J connectivity index is 1.31. The van der Waals surface area contributed by atoms with Crippen LogP contribution in [0, 0.1) is 5.41 Å². The molecule has 2 fully saturated rings. The summed E-state index contributed by atoms with van der Waals surface area (Å²) in [6, 6.07) is 14.3. The van der Waals surface area contributed by atoms with Gasteiger partial charge in [0.1, 0.15) is 0 Å². The van der Waals surface area contributed by atoms with E-state index in [1.165, 1.54) is 18.4 Å². The zero-order chi connectivity index (χ0) is 17.4. The second-order valence-corrected chi connectivity index (χ2v) is 7.73. The molecular formula is C21H24N2O2. The highest BCUT2D eigenvalue weighted by atomic mass is 16.5. The smallest absolute Gasteiger partial charge is 0.255 e. The Kier molecular flexibility index (Phi) is 3.98. The minimum absolute atomic E-state index is 0.0809. The summed E-state index contributed by atoms with van der Waals surface area (Å²) in [6.07, 6.45) is 4.10. The Morgan fingerprint density at radius 1 is 1.16 bits per heavy atom. The average molecular weight is 336 g/mol. The Bertz CT molecular complexity index is 741. The van der Waals surface area contributed by atoms with Gasteiger partial charge in [0.25, 0.3) is 5.91 Å². The predicted molar refractivity (Wildman–Crippen MR) is 96.8 cm³/mol. The first kappa shape index (κ1) is 16.1. The first-order chi connectivity index (χ1) is 12.0. The van der Waals surface area contributed by atoms with Gasteiger partial charge in [-0.2, -0.15) is 0 Å². The second kappa shape index (κ2) is 6.17. The molecule has 1 aromatic heterocycles. The molecule has 0 bridgehead atoms. The molecule has 1 aliphatic heterocycles. The summed E-state index contributed by atoms with van der Waals surface area (Å²) in [5.41, 5.74) is 2.43. The molecule has 1 aromatic carbocycles. The van der Waals surface area contributed by atoms with Crippen molar-refractivity contribution in [2.24, 2.45) is 5.41 Å². The van der Waals surface area contributed by atoms with Crippen LogP contribution in [0.3, 0.4) is 0 Å². The minimum Gasteiger partial charge on any atom is -0.475 e. The molecule has 0 radical (unpaired) electrons. The molecule has 1 spiro atoms. The third-order valence-electron chi connectivity index (χ3n) is 5.31. The summed E-state index contributed by atoms with van der Waals surface area (Å²) in [6.45, 7) is 5.67. The van der Waals surface area contributed by atoms with Crippen molar-refractivity contribution in [1.82, 2.24) is 9.88 Å². The lowest BCUT2D eigenvalue weighted by atomic mass is 9.56. The van der Waals surface area contributed by atoms with E-state index in [2.05, 4.69) is 35.3 Å². The van der Waals surface area contributed by atoms with Gasteiger partial charge in [-0.1, -0.05) is 30.3 Å². The van der Waals surface area contributed by atoms with Gasteiger partial charge in [0, 0.05) is 30.8 Å². The average Bonchev–Trinajstić information content (AvgIpc) is 2.53. The molecule has 1 saturated heterocycles. The number of ether oxygens (including phenoxy) is 1. The number of hydrogen-bond donors (Lipinski definition) is 0. The van der Waals surface area contributed by atoms with Crippen molar-refractivity contribution in [3.05, 3.63) is 59.8 Å². The minimum atomic E-state index is 0.0809. The van der Waals surface area contributed by atoms with E-state index in [1.54, 1.807) is 12.3 Å². The fraction of sp³-hybridized carbons (Fsp3) is 0.429. The maximum absolute atomic E-state index is 12.6. The largest absolute Gasteiger partial charge is 0.475 e. The van der Waals surface area contributed by atoms with Crippen molar-refractivity contribution < 1.29 is 9.53 Å². The van der Waals surface area contributed by atoms with Crippen LogP contribution >= 0.6 is 0 Å². The Morgan fingerprint density at radius 3 is 2.48 bits per heavy atom. The predicted octanol–water partition coefficient (Wildman–Crippen LogP) is 3.89. The molecule has 4 nitrogen and oxygen atoms in total. The quantitative estimate of drug-likeness (QED) is 0.851. The molecule has 2 heterocycles. The third-order valence-corrected chi connectivity index (χ3v) is 5.31. The van der Waals surface area contributed by atoms with Gasteiger partial charge in [-0.3, -0.25) is 4.79 Å². The topological polar surface area (TPSA) is 42.4 Å². The van der Waals surface area contributed by atoms with Crippen molar-refractivity contribution in [3.8, 4) is 5.88 Å². The van der Waals surface area contributed by atoms with Crippen LogP contribution < -0.4 is 4.74 Å². The van der Waals surface area contributed by atoms with Gasteiger partial charge in [-0.05, 0) is 44.2 Å². The monoisotopic (exact) mass is 336 g/mol. The molecule has 1 saturated carbocycles. The summed E-state index contributed by atoms with van der Waals surface area (Å²) in [7, 11) is 0. The molecule has 130 valence electrons. The van der Waals surface area contributed by atoms with E-state index in [4.69, 9.17) is 4.74 Å². The standard InChI is InChI=1S/C21H24N2O2/c1-15(2)25-19-9-8-17(12-22-19)20(24)23-13-21(14-23)10-18(11-21)16-6-4-3-5-7-16/h3-9,12,15,18H,10-11,13-14H2,1-2H3. The number of aromatic nitrogens is 1. The van der Waals surface area contributed by atoms with Crippen molar-refractivity contribution in [2.75, 3.05) is 13.1 Å². The van der Waals surface area contributed by atoms with E-state index in [9.17, 15) is 4.79 Å². The Hall–Kier alpha value is -2.36. The van der Waals surface area contributed by atoms with Gasteiger partial charge >= 0.3 is 0 Å². The van der Waals surface area contributed by atoms with Crippen molar-refractivity contribution in [2.45, 2.75) is 38.7 Å². The van der Waals surface area contributed by atoms with Crippen molar-refractivity contribution in [1.29, 1.82) is 0 Å². The van der Waals surface area contributed by atoms with Gasteiger partial charge in [0.15, 0.2) is 0 Å². The fourth-order valence-electron chi connectivity index (χ4n) is 4.11.